The summed E-state index contributed by atoms with van der Waals surface area (Å²) in [4.78, 5) is 11.8. The van der Waals surface area contributed by atoms with E-state index in [4.69, 9.17) is 4.74 Å². The zero-order valence-electron chi connectivity index (χ0n) is 15.1. The zero-order valence-corrected chi connectivity index (χ0v) is 15.1. The first-order chi connectivity index (χ1) is 12.7. The molecule has 134 valence electrons. The van der Waals surface area contributed by atoms with Crippen LogP contribution in [0.5, 0.6) is 5.75 Å². The lowest BCUT2D eigenvalue weighted by Crippen LogP contribution is -2.06. The molecule has 3 heteroatoms. The maximum Gasteiger partial charge on any atom is 0.306 e. The van der Waals surface area contributed by atoms with Crippen LogP contribution in [-0.4, -0.2) is 17.7 Å². The third-order valence-electron chi connectivity index (χ3n) is 4.49. The summed E-state index contributed by atoms with van der Waals surface area (Å²) in [6.07, 6.45) is 9.68. The maximum absolute atomic E-state index is 11.8. The van der Waals surface area contributed by atoms with Crippen molar-refractivity contribution in [2.75, 3.05) is 6.61 Å². The van der Waals surface area contributed by atoms with Crippen molar-refractivity contribution in [3.8, 4) is 16.9 Å². The molecule has 0 heterocycles. The van der Waals surface area contributed by atoms with E-state index in [1.165, 1.54) is 5.57 Å². The molecule has 0 radical (unpaired) electrons. The number of phenols is 1. The summed E-state index contributed by atoms with van der Waals surface area (Å²) in [7, 11) is 0. The van der Waals surface area contributed by atoms with Gasteiger partial charge >= 0.3 is 5.97 Å². The van der Waals surface area contributed by atoms with Gasteiger partial charge < -0.3 is 9.84 Å². The molecule has 0 unspecified atom stereocenters. The van der Waals surface area contributed by atoms with Crippen LogP contribution in [0.3, 0.4) is 0 Å². The smallest absolute Gasteiger partial charge is 0.306 e. The number of hydrogen-bond donors (Lipinski definition) is 1. The van der Waals surface area contributed by atoms with E-state index in [2.05, 4.69) is 36.4 Å². The minimum absolute atomic E-state index is 0.184. The number of aryl methyl sites for hydroxylation is 1. The van der Waals surface area contributed by atoms with Crippen LogP contribution in [0, 0.1) is 0 Å². The number of carbonyl (C=O) groups excluding carboxylic acids is 1. The Morgan fingerprint density at radius 1 is 1.12 bits per heavy atom. The highest BCUT2D eigenvalue weighted by Gasteiger charge is 2.12. The summed E-state index contributed by atoms with van der Waals surface area (Å²) in [6, 6.07) is 13.6. The molecule has 0 saturated heterocycles. The van der Waals surface area contributed by atoms with Crippen LogP contribution in [0.1, 0.15) is 37.3 Å². The lowest BCUT2D eigenvalue weighted by molar-refractivity contribution is -0.143. The predicted molar refractivity (Wildman–Crippen MR) is 105 cm³/mol. The maximum atomic E-state index is 11.8. The molecule has 0 fully saturated rings. The third-order valence-corrected chi connectivity index (χ3v) is 4.49. The zero-order chi connectivity index (χ0) is 18.4. The molecule has 0 aliphatic heterocycles. The van der Waals surface area contributed by atoms with Crippen molar-refractivity contribution in [1.29, 1.82) is 0 Å². The number of carbonyl (C=O) groups is 1. The van der Waals surface area contributed by atoms with Crippen molar-refractivity contribution < 1.29 is 14.6 Å². The van der Waals surface area contributed by atoms with Crippen LogP contribution >= 0.6 is 0 Å². The van der Waals surface area contributed by atoms with E-state index in [9.17, 15) is 9.90 Å². The largest absolute Gasteiger partial charge is 0.508 e. The van der Waals surface area contributed by atoms with Crippen molar-refractivity contribution in [2.24, 2.45) is 0 Å². The fourth-order valence-corrected chi connectivity index (χ4v) is 3.23. The van der Waals surface area contributed by atoms with Crippen molar-refractivity contribution in [3.63, 3.8) is 0 Å². The highest BCUT2D eigenvalue weighted by Crippen LogP contribution is 2.31. The van der Waals surface area contributed by atoms with Crippen LogP contribution < -0.4 is 0 Å². The highest BCUT2D eigenvalue weighted by atomic mass is 16.5. The number of rotatable bonds is 6. The summed E-state index contributed by atoms with van der Waals surface area (Å²) >= 11 is 0. The lowest BCUT2D eigenvalue weighted by atomic mass is 9.91. The molecule has 0 saturated carbocycles. The first-order valence-electron chi connectivity index (χ1n) is 9.12. The lowest BCUT2D eigenvalue weighted by Gasteiger charge is -2.14. The molecule has 0 aromatic heterocycles. The Kier molecular flexibility index (Phi) is 5.90. The predicted octanol–water partition coefficient (Wildman–Crippen LogP) is 5.29. The summed E-state index contributed by atoms with van der Waals surface area (Å²) in [5.74, 6) is 0.0531. The molecule has 0 bridgehead atoms. The van der Waals surface area contributed by atoms with Crippen LogP contribution in [-0.2, 0) is 16.0 Å². The van der Waals surface area contributed by atoms with Crippen LogP contribution in [0.25, 0.3) is 16.7 Å². The quantitative estimate of drug-likeness (QED) is 0.722. The molecule has 0 spiro atoms. The van der Waals surface area contributed by atoms with E-state index in [1.807, 2.05) is 19.1 Å². The normalized spacial score (nSPS) is 13.3. The van der Waals surface area contributed by atoms with Gasteiger partial charge in [0, 0.05) is 6.42 Å². The Bertz CT molecular complexity index is 846. The first kappa shape index (κ1) is 18.0. The van der Waals surface area contributed by atoms with Crippen molar-refractivity contribution >= 4 is 11.5 Å². The van der Waals surface area contributed by atoms with Gasteiger partial charge in [-0.2, -0.15) is 0 Å². The van der Waals surface area contributed by atoms with Crippen molar-refractivity contribution in [3.05, 3.63) is 71.8 Å². The van der Waals surface area contributed by atoms with E-state index < -0.39 is 0 Å². The topological polar surface area (TPSA) is 46.5 Å². The summed E-state index contributed by atoms with van der Waals surface area (Å²) in [5, 5.41) is 9.82. The molecule has 2 aromatic rings. The molecule has 1 aliphatic rings. The van der Waals surface area contributed by atoms with Crippen LogP contribution in [0.4, 0.5) is 0 Å². The van der Waals surface area contributed by atoms with E-state index >= 15 is 0 Å². The highest BCUT2D eigenvalue weighted by molar-refractivity contribution is 5.79. The van der Waals surface area contributed by atoms with E-state index in [0.717, 1.165) is 35.1 Å². The summed E-state index contributed by atoms with van der Waals surface area (Å²) in [5.41, 5.74) is 5.44. The van der Waals surface area contributed by atoms with Gasteiger partial charge in [0.2, 0.25) is 0 Å². The molecular weight excluding hydrogens is 324 g/mol. The Morgan fingerprint density at radius 2 is 2.00 bits per heavy atom. The van der Waals surface area contributed by atoms with E-state index in [-0.39, 0.29) is 11.7 Å². The van der Waals surface area contributed by atoms with Gasteiger partial charge in [-0.1, -0.05) is 48.6 Å². The fraction of sp³-hybridized carbons (Fsp3) is 0.261. The average molecular weight is 348 g/mol. The second-order valence-electron chi connectivity index (χ2n) is 6.37. The molecule has 1 N–H and O–H groups in total. The minimum Gasteiger partial charge on any atom is -0.508 e. The number of allylic oxidation sites excluding steroid dienone is 4. The van der Waals surface area contributed by atoms with Gasteiger partial charge in [-0.3, -0.25) is 4.79 Å². The number of phenolic OH excluding ortho intramolecular Hbond substituents is 1. The molecule has 1 aliphatic carbocycles. The molecule has 3 rings (SSSR count). The van der Waals surface area contributed by atoms with Gasteiger partial charge in [0.05, 0.1) is 6.61 Å². The average Bonchev–Trinajstić information content (AvgIpc) is 2.67. The van der Waals surface area contributed by atoms with E-state index in [0.29, 0.717) is 19.4 Å². The molecule has 3 nitrogen and oxygen atoms in total. The second-order valence-corrected chi connectivity index (χ2v) is 6.37. The van der Waals surface area contributed by atoms with Gasteiger partial charge in [-0.05, 0) is 66.1 Å². The molecule has 0 amide bonds. The van der Waals surface area contributed by atoms with Crippen LogP contribution in [0.15, 0.2) is 60.7 Å². The number of esters is 1. The third kappa shape index (κ3) is 4.42. The van der Waals surface area contributed by atoms with Gasteiger partial charge in [0.15, 0.2) is 0 Å². The standard InChI is InChI=1S/C23H24O3/c1-2-26-23(25)14-12-20-15-18(17-7-4-3-5-8-17)11-13-22(20)19-9-6-10-21(24)16-19/h4,6-11,13,15-16,24H,2-3,5,12,14H2,1H3. The number of hydrogen-bond acceptors (Lipinski definition) is 3. The SMILES string of the molecule is CCOC(=O)CCc1cc(C2=CCCC=C2)ccc1-c1cccc(O)c1. The van der Waals surface area contributed by atoms with Crippen molar-refractivity contribution in [1.82, 2.24) is 0 Å². The number of ether oxygens (including phenoxy) is 1. The Balaban J connectivity index is 1.95. The number of benzene rings is 2. The summed E-state index contributed by atoms with van der Waals surface area (Å²) in [6.45, 7) is 2.22. The monoisotopic (exact) mass is 348 g/mol. The molecule has 2 aromatic carbocycles. The molecule has 0 atom stereocenters. The van der Waals surface area contributed by atoms with Crippen LogP contribution in [0.2, 0.25) is 0 Å². The summed E-state index contributed by atoms with van der Waals surface area (Å²) < 4.78 is 5.07. The van der Waals surface area contributed by atoms with Crippen molar-refractivity contribution in [2.45, 2.75) is 32.6 Å². The fourth-order valence-electron chi connectivity index (χ4n) is 3.23. The molecule has 26 heavy (non-hydrogen) atoms. The van der Waals surface area contributed by atoms with E-state index in [1.54, 1.807) is 12.1 Å². The second kappa shape index (κ2) is 8.52. The number of aromatic hydroxyl groups is 1. The van der Waals surface area contributed by atoms with Gasteiger partial charge in [0.25, 0.3) is 0 Å². The Hall–Kier alpha value is -2.81. The molecular formula is C23H24O3. The van der Waals surface area contributed by atoms with Gasteiger partial charge in [-0.25, -0.2) is 0 Å². The Morgan fingerprint density at radius 3 is 2.73 bits per heavy atom. The Labute approximate surface area is 154 Å². The first-order valence-corrected chi connectivity index (χ1v) is 9.12. The minimum atomic E-state index is -0.184. The van der Waals surface area contributed by atoms with Gasteiger partial charge in [-0.15, -0.1) is 0 Å². The van der Waals surface area contributed by atoms with Gasteiger partial charge in [0.1, 0.15) is 5.75 Å².